The van der Waals surface area contributed by atoms with Gasteiger partial charge in [-0.2, -0.15) is 0 Å². The number of carbonyl (C=O) groups excluding carboxylic acids is 1. The van der Waals surface area contributed by atoms with Gasteiger partial charge in [0.15, 0.2) is 0 Å². The molecule has 2 nitrogen and oxygen atoms in total. The lowest BCUT2D eigenvalue weighted by Gasteiger charge is -2.17. The predicted octanol–water partition coefficient (Wildman–Crippen LogP) is 3.16. The van der Waals surface area contributed by atoms with Crippen LogP contribution in [-0.2, 0) is 4.79 Å². The van der Waals surface area contributed by atoms with Gasteiger partial charge in [-0.15, -0.1) is 0 Å². The normalized spacial score (nSPS) is 19.1. The van der Waals surface area contributed by atoms with E-state index in [-0.39, 0.29) is 11.8 Å². The molecule has 1 heterocycles. The number of fused-ring (bicyclic) bond motifs is 1. The van der Waals surface area contributed by atoms with Crippen molar-refractivity contribution in [3.8, 4) is 0 Å². The van der Waals surface area contributed by atoms with E-state index in [0.717, 1.165) is 18.7 Å². The molecule has 1 aliphatic heterocycles. The summed E-state index contributed by atoms with van der Waals surface area (Å²) in [6.45, 7) is 9.09. The Balaban J connectivity index is 2.63. The minimum atomic E-state index is 0.0774. The van der Waals surface area contributed by atoms with Gasteiger partial charge in [0.05, 0.1) is 11.6 Å². The molecule has 0 bridgehead atoms. The van der Waals surface area contributed by atoms with Crippen LogP contribution in [-0.4, -0.2) is 12.5 Å². The minimum Gasteiger partial charge on any atom is -0.312 e. The Labute approximate surface area is 97.3 Å². The van der Waals surface area contributed by atoms with Crippen LogP contribution in [0.4, 0.5) is 5.69 Å². The molecule has 16 heavy (non-hydrogen) atoms. The number of benzene rings is 1. The molecule has 2 rings (SSSR count). The minimum absolute atomic E-state index is 0.0774. The van der Waals surface area contributed by atoms with E-state index in [9.17, 15) is 4.79 Å². The largest absolute Gasteiger partial charge is 0.312 e. The monoisotopic (exact) mass is 217 g/mol. The summed E-state index contributed by atoms with van der Waals surface area (Å²) in [7, 11) is 0. The van der Waals surface area contributed by atoms with E-state index in [1.165, 1.54) is 16.7 Å². The highest BCUT2D eigenvalue weighted by Crippen LogP contribution is 2.41. The van der Waals surface area contributed by atoms with Crippen molar-refractivity contribution in [2.45, 2.75) is 40.0 Å². The van der Waals surface area contributed by atoms with Crippen LogP contribution in [0.2, 0.25) is 0 Å². The van der Waals surface area contributed by atoms with Gasteiger partial charge in [0.2, 0.25) is 5.91 Å². The van der Waals surface area contributed by atoms with Crippen LogP contribution in [0.3, 0.4) is 0 Å². The van der Waals surface area contributed by atoms with E-state index in [1.807, 2.05) is 11.8 Å². The third-order valence-electron chi connectivity index (χ3n) is 3.41. The number of aryl methyl sites for hydroxylation is 2. The molecule has 1 aliphatic rings. The molecule has 0 aromatic heterocycles. The summed E-state index contributed by atoms with van der Waals surface area (Å²) in [4.78, 5) is 14.1. The lowest BCUT2D eigenvalue weighted by molar-refractivity contribution is -0.119. The molecule has 86 valence electrons. The average Bonchev–Trinajstić information content (AvgIpc) is 2.49. The molecule has 0 radical (unpaired) electrons. The zero-order valence-electron chi connectivity index (χ0n) is 10.5. The first-order valence-corrected chi connectivity index (χ1v) is 6.02. The predicted molar refractivity (Wildman–Crippen MR) is 67.0 cm³/mol. The second-order valence-electron chi connectivity index (χ2n) is 4.56. The van der Waals surface area contributed by atoms with Gasteiger partial charge in [-0.3, -0.25) is 4.79 Å². The maximum Gasteiger partial charge on any atom is 0.234 e. The highest BCUT2D eigenvalue weighted by atomic mass is 16.2. The van der Waals surface area contributed by atoms with Gasteiger partial charge in [0.25, 0.3) is 0 Å². The van der Waals surface area contributed by atoms with Crippen molar-refractivity contribution in [3.05, 3.63) is 28.8 Å². The Bertz CT molecular complexity index is 437. The van der Waals surface area contributed by atoms with Crippen LogP contribution in [0.15, 0.2) is 12.1 Å². The third kappa shape index (κ3) is 1.44. The number of rotatable bonds is 2. The van der Waals surface area contributed by atoms with Crippen LogP contribution >= 0.6 is 0 Å². The molecular formula is C14H19NO. The maximum absolute atomic E-state index is 12.2. The Morgan fingerprint density at radius 1 is 1.25 bits per heavy atom. The summed E-state index contributed by atoms with van der Waals surface area (Å²) < 4.78 is 0. The molecule has 1 atom stereocenters. The second kappa shape index (κ2) is 3.93. The number of nitrogens with zero attached hydrogens (tertiary/aromatic N) is 1. The first-order chi connectivity index (χ1) is 7.60. The zero-order chi connectivity index (χ0) is 11.9. The fourth-order valence-electron chi connectivity index (χ4n) is 2.77. The van der Waals surface area contributed by atoms with E-state index in [4.69, 9.17) is 0 Å². The Kier molecular flexibility index (Phi) is 2.75. The fourth-order valence-corrected chi connectivity index (χ4v) is 2.77. The summed E-state index contributed by atoms with van der Waals surface area (Å²) >= 11 is 0. The Morgan fingerprint density at radius 2 is 1.94 bits per heavy atom. The standard InChI is InChI=1S/C14H19NO/c1-5-11-12-8-9(3)7-10(4)13(12)15(6-2)14(11)16/h7-8,11H,5-6H2,1-4H3/t11-/m0/s1. The number of amides is 1. The van der Waals surface area contributed by atoms with Gasteiger partial charge in [0.1, 0.15) is 0 Å². The zero-order valence-corrected chi connectivity index (χ0v) is 10.5. The number of hydrogen-bond acceptors (Lipinski definition) is 1. The van der Waals surface area contributed by atoms with Gasteiger partial charge >= 0.3 is 0 Å². The lowest BCUT2D eigenvalue weighted by Crippen LogP contribution is -2.28. The van der Waals surface area contributed by atoms with E-state index < -0.39 is 0 Å². The summed E-state index contributed by atoms with van der Waals surface area (Å²) in [5, 5.41) is 0. The lowest BCUT2D eigenvalue weighted by atomic mass is 9.95. The molecule has 1 aromatic rings. The molecular weight excluding hydrogens is 198 g/mol. The third-order valence-corrected chi connectivity index (χ3v) is 3.41. The number of likely N-dealkylation sites (N-methyl/N-ethyl adjacent to an activating group) is 1. The highest BCUT2D eigenvalue weighted by Gasteiger charge is 2.36. The number of hydrogen-bond donors (Lipinski definition) is 0. The van der Waals surface area contributed by atoms with E-state index in [1.54, 1.807) is 0 Å². The Hall–Kier alpha value is -1.31. The quantitative estimate of drug-likeness (QED) is 0.745. The van der Waals surface area contributed by atoms with Crippen molar-refractivity contribution < 1.29 is 4.79 Å². The van der Waals surface area contributed by atoms with Crippen molar-refractivity contribution in [3.63, 3.8) is 0 Å². The average molecular weight is 217 g/mol. The molecule has 0 saturated carbocycles. The molecule has 0 aliphatic carbocycles. The topological polar surface area (TPSA) is 20.3 Å². The first-order valence-electron chi connectivity index (χ1n) is 6.02. The van der Waals surface area contributed by atoms with Gasteiger partial charge in [-0.1, -0.05) is 24.6 Å². The van der Waals surface area contributed by atoms with Gasteiger partial charge in [-0.25, -0.2) is 0 Å². The fraction of sp³-hybridized carbons (Fsp3) is 0.500. The molecule has 1 aromatic carbocycles. The molecule has 0 unspecified atom stereocenters. The van der Waals surface area contributed by atoms with Crippen molar-refractivity contribution >= 4 is 11.6 Å². The highest BCUT2D eigenvalue weighted by molar-refractivity contribution is 6.05. The Morgan fingerprint density at radius 3 is 2.50 bits per heavy atom. The smallest absolute Gasteiger partial charge is 0.234 e. The summed E-state index contributed by atoms with van der Waals surface area (Å²) in [5.41, 5.74) is 4.86. The van der Waals surface area contributed by atoms with Crippen LogP contribution in [0.1, 0.15) is 42.9 Å². The second-order valence-corrected chi connectivity index (χ2v) is 4.56. The molecule has 0 saturated heterocycles. The van der Waals surface area contributed by atoms with Crippen LogP contribution in [0.5, 0.6) is 0 Å². The van der Waals surface area contributed by atoms with E-state index in [0.29, 0.717) is 0 Å². The van der Waals surface area contributed by atoms with Crippen LogP contribution < -0.4 is 4.90 Å². The molecule has 1 amide bonds. The number of carbonyl (C=O) groups is 1. The number of anilines is 1. The van der Waals surface area contributed by atoms with E-state index >= 15 is 0 Å². The van der Waals surface area contributed by atoms with Crippen molar-refractivity contribution in [2.24, 2.45) is 0 Å². The summed E-state index contributed by atoms with van der Waals surface area (Å²) in [5.74, 6) is 0.349. The first kappa shape index (κ1) is 11.2. The molecule has 0 fully saturated rings. The van der Waals surface area contributed by atoms with E-state index in [2.05, 4.69) is 32.9 Å². The summed E-state index contributed by atoms with van der Waals surface area (Å²) in [6.07, 6.45) is 0.894. The van der Waals surface area contributed by atoms with Gasteiger partial charge < -0.3 is 4.90 Å². The summed E-state index contributed by atoms with van der Waals surface area (Å²) in [6, 6.07) is 4.33. The van der Waals surface area contributed by atoms with Crippen molar-refractivity contribution in [2.75, 3.05) is 11.4 Å². The maximum atomic E-state index is 12.2. The van der Waals surface area contributed by atoms with Crippen LogP contribution in [0, 0.1) is 13.8 Å². The van der Waals surface area contributed by atoms with Gasteiger partial charge in [-0.05, 0) is 38.3 Å². The van der Waals surface area contributed by atoms with Crippen molar-refractivity contribution in [1.29, 1.82) is 0 Å². The van der Waals surface area contributed by atoms with Crippen molar-refractivity contribution in [1.82, 2.24) is 0 Å². The van der Waals surface area contributed by atoms with Gasteiger partial charge in [0, 0.05) is 6.54 Å². The van der Waals surface area contributed by atoms with Crippen LogP contribution in [0.25, 0.3) is 0 Å². The molecule has 0 N–H and O–H groups in total. The molecule has 0 spiro atoms. The SMILES string of the molecule is CC[C@@H]1C(=O)N(CC)c2c(C)cc(C)cc21. The molecule has 2 heteroatoms.